The van der Waals surface area contributed by atoms with Gasteiger partial charge in [-0.15, -0.1) is 0 Å². The summed E-state index contributed by atoms with van der Waals surface area (Å²) in [5.41, 5.74) is 4.10. The highest BCUT2D eigenvalue weighted by atomic mass is 32.2. The first-order valence-corrected chi connectivity index (χ1v) is 20.4. The van der Waals surface area contributed by atoms with Gasteiger partial charge in [-0.05, 0) is 137 Å². The molecule has 2 heterocycles. The van der Waals surface area contributed by atoms with Crippen LogP contribution in [0.3, 0.4) is 0 Å². The molecule has 4 nitrogen and oxygen atoms in total. The van der Waals surface area contributed by atoms with E-state index in [1.807, 2.05) is 33.8 Å². The smallest absolute Gasteiger partial charge is 0.162 e. The predicted octanol–water partition coefficient (Wildman–Crippen LogP) is 8.44. The fourth-order valence-electron chi connectivity index (χ4n) is 5.91. The molecule has 4 aromatic carbocycles. The zero-order valence-electron chi connectivity index (χ0n) is 27.2. The second-order valence-electron chi connectivity index (χ2n) is 12.1. The van der Waals surface area contributed by atoms with Crippen molar-refractivity contribution in [3.8, 4) is 23.0 Å². The lowest BCUT2D eigenvalue weighted by Crippen LogP contribution is -2.13. The summed E-state index contributed by atoms with van der Waals surface area (Å²) in [6.45, 7) is 10.3. The van der Waals surface area contributed by atoms with Gasteiger partial charge in [0, 0.05) is 43.5 Å². The minimum atomic E-state index is 0.108. The van der Waals surface area contributed by atoms with Crippen molar-refractivity contribution in [1.29, 1.82) is 0 Å². The van der Waals surface area contributed by atoms with E-state index in [4.69, 9.17) is 0 Å². The normalized spacial score (nSPS) is 18.2. The topological polar surface area (TPSA) is 80.9 Å². The number of aryl methyl sites for hydroxylation is 4. The predicted molar refractivity (Wildman–Crippen MR) is 194 cm³/mol. The zero-order chi connectivity index (χ0) is 32.1. The van der Waals surface area contributed by atoms with Gasteiger partial charge in [-0.2, -0.15) is 0 Å². The lowest BCUT2D eigenvalue weighted by atomic mass is 10.1. The van der Waals surface area contributed by atoms with Crippen molar-refractivity contribution in [2.75, 3.05) is 29.8 Å². The van der Waals surface area contributed by atoms with Crippen molar-refractivity contribution in [1.82, 2.24) is 0 Å². The molecule has 2 saturated heterocycles. The van der Waals surface area contributed by atoms with Crippen LogP contribution < -0.4 is 0 Å². The van der Waals surface area contributed by atoms with Crippen molar-refractivity contribution in [3.63, 3.8) is 0 Å². The van der Waals surface area contributed by atoms with Crippen molar-refractivity contribution >= 4 is 43.5 Å². The molecule has 44 heavy (non-hydrogen) atoms. The Balaban J connectivity index is 0.000000151. The summed E-state index contributed by atoms with van der Waals surface area (Å²) in [5, 5.41) is 41.1. The Bertz CT molecular complexity index is 1550. The van der Waals surface area contributed by atoms with E-state index in [-0.39, 0.29) is 22.4 Å². The van der Waals surface area contributed by atoms with Crippen LogP contribution in [0.2, 0.25) is 0 Å². The Morgan fingerprint density at radius 3 is 1.68 bits per heavy atom. The maximum Gasteiger partial charge on any atom is 0.162 e. The molecule has 0 radical (unpaired) electrons. The molecule has 0 amide bonds. The van der Waals surface area contributed by atoms with Crippen LogP contribution in [0.4, 0.5) is 0 Å². The average Bonchev–Trinajstić information content (AvgIpc) is 3.67. The van der Waals surface area contributed by atoms with Crippen molar-refractivity contribution in [3.05, 3.63) is 76.9 Å². The minimum absolute atomic E-state index is 0.108. The molecule has 236 valence electrons. The van der Waals surface area contributed by atoms with Crippen LogP contribution in [0, 0.1) is 27.7 Å². The van der Waals surface area contributed by atoms with Gasteiger partial charge in [-0.1, -0.05) is 0 Å². The minimum Gasteiger partial charge on any atom is -0.508 e. The molecule has 4 N–H and O–H groups in total. The van der Waals surface area contributed by atoms with Gasteiger partial charge >= 0.3 is 0 Å². The monoisotopic (exact) mass is 653 g/mol. The number of hydrogen-bond donors (Lipinski definition) is 4. The summed E-state index contributed by atoms with van der Waals surface area (Å²) >= 11 is 0. The largest absolute Gasteiger partial charge is 0.508 e. The van der Waals surface area contributed by atoms with Gasteiger partial charge in [-0.25, -0.2) is 0 Å². The van der Waals surface area contributed by atoms with Gasteiger partial charge in [0.1, 0.15) is 58.0 Å². The average molecular weight is 654 g/mol. The van der Waals surface area contributed by atoms with Crippen molar-refractivity contribution in [2.24, 2.45) is 0 Å². The van der Waals surface area contributed by atoms with E-state index in [9.17, 15) is 20.4 Å². The SMILES string of the molecule is C[S+](C)c1ccc(O)c2ccc(O)cc12.Cc1cc([S+]2CCCC2)cc(C)c1O.Cc1cc([S+]2CCCC2C)cc(C)c1O. The van der Waals surface area contributed by atoms with E-state index in [2.05, 4.69) is 43.7 Å². The molecule has 6 rings (SSSR count). The second kappa shape index (κ2) is 15.1. The Hall–Kier alpha value is -2.61. The third-order valence-electron chi connectivity index (χ3n) is 8.43. The fourth-order valence-corrected chi connectivity index (χ4v) is 12.0. The van der Waals surface area contributed by atoms with E-state index in [1.165, 1.54) is 57.6 Å². The summed E-state index contributed by atoms with van der Waals surface area (Å²) in [4.78, 5) is 4.07. The number of aromatic hydroxyl groups is 4. The van der Waals surface area contributed by atoms with Gasteiger partial charge in [0.05, 0.1) is 0 Å². The van der Waals surface area contributed by atoms with Crippen LogP contribution in [0.25, 0.3) is 10.8 Å². The number of phenolic OH excluding ortho intramolecular Hbond substituents is 4. The molecule has 2 unspecified atom stereocenters. The van der Waals surface area contributed by atoms with Crippen LogP contribution in [0.15, 0.2) is 69.3 Å². The molecule has 2 aliphatic rings. The highest BCUT2D eigenvalue weighted by Crippen LogP contribution is 2.34. The first-order valence-electron chi connectivity index (χ1n) is 15.4. The Morgan fingerprint density at radius 2 is 1.18 bits per heavy atom. The lowest BCUT2D eigenvalue weighted by Gasteiger charge is -2.09. The number of phenols is 4. The van der Waals surface area contributed by atoms with Gasteiger partial charge < -0.3 is 20.4 Å². The number of benzene rings is 4. The molecule has 0 aliphatic carbocycles. The standard InChI is InChI=1S/C13H18OS.C12H12O2S.C12H16OS/c1-9-7-12(8-10(2)13(9)14)15-6-4-5-11(15)3;1-15(2)12-6-5-11(14)9-4-3-8(13)7-10(9)12;1-9-7-11(8-10(2)12(9)13)14-5-3-4-6-14/h7-8,11H,4-6H2,1-3H3;3-7H,1-2H3,(H-,13,14);7-8H,3-6H2,1-2H3/p+3. The molecular weight excluding hydrogens is 605 g/mol. The van der Waals surface area contributed by atoms with Crippen molar-refractivity contribution < 1.29 is 20.4 Å². The van der Waals surface area contributed by atoms with Gasteiger partial charge in [0.15, 0.2) is 14.7 Å². The molecule has 2 fully saturated rings. The first-order chi connectivity index (χ1) is 20.9. The fraction of sp³-hybridized carbons (Fsp3) is 0.405. The molecule has 2 atom stereocenters. The van der Waals surface area contributed by atoms with Crippen LogP contribution in [0.5, 0.6) is 23.0 Å². The maximum absolute atomic E-state index is 9.74. The van der Waals surface area contributed by atoms with E-state index < -0.39 is 0 Å². The molecule has 0 aromatic heterocycles. The summed E-state index contributed by atoms with van der Waals surface area (Å²) in [6.07, 6.45) is 9.72. The molecule has 2 aliphatic heterocycles. The van der Waals surface area contributed by atoms with Crippen LogP contribution in [-0.4, -0.2) is 55.4 Å². The second-order valence-corrected chi connectivity index (χ2v) is 19.0. The van der Waals surface area contributed by atoms with E-state index >= 15 is 0 Å². The van der Waals surface area contributed by atoms with Crippen LogP contribution in [-0.2, 0) is 32.7 Å². The Kier molecular flexibility index (Phi) is 11.8. The van der Waals surface area contributed by atoms with E-state index in [0.717, 1.165) is 38.3 Å². The molecule has 0 bridgehead atoms. The molecule has 0 spiro atoms. The van der Waals surface area contributed by atoms with Crippen LogP contribution >= 0.6 is 0 Å². The van der Waals surface area contributed by atoms with Crippen LogP contribution in [0.1, 0.15) is 54.9 Å². The quantitative estimate of drug-likeness (QED) is 0.167. The van der Waals surface area contributed by atoms with Gasteiger partial charge in [0.2, 0.25) is 0 Å². The number of rotatable bonds is 3. The zero-order valence-corrected chi connectivity index (χ0v) is 29.7. The first kappa shape index (κ1) is 34.3. The Morgan fingerprint density at radius 1 is 0.636 bits per heavy atom. The third-order valence-corrected chi connectivity index (χ3v) is 14.9. The number of hydrogen-bond acceptors (Lipinski definition) is 4. The molecule has 4 aromatic rings. The molecular formula is C37H49O4S3+3. The molecule has 7 heteroatoms. The highest BCUT2D eigenvalue weighted by Gasteiger charge is 2.35. The summed E-state index contributed by atoms with van der Waals surface area (Å²) < 4.78 is 0. The van der Waals surface area contributed by atoms with E-state index in [1.54, 1.807) is 24.3 Å². The summed E-state index contributed by atoms with van der Waals surface area (Å²) in [7, 11) is 1.00. The third kappa shape index (κ3) is 8.15. The summed E-state index contributed by atoms with van der Waals surface area (Å²) in [5.74, 6) is 5.47. The maximum atomic E-state index is 9.74. The number of fused-ring (bicyclic) bond motifs is 1. The summed E-state index contributed by atoms with van der Waals surface area (Å²) in [6, 6.07) is 17.3. The van der Waals surface area contributed by atoms with Gasteiger partial charge in [0.25, 0.3) is 0 Å². The Labute approximate surface area is 272 Å². The van der Waals surface area contributed by atoms with Crippen molar-refractivity contribution in [2.45, 2.75) is 80.2 Å². The van der Waals surface area contributed by atoms with E-state index in [0.29, 0.717) is 33.3 Å². The molecule has 0 saturated carbocycles. The lowest BCUT2D eigenvalue weighted by molar-refractivity contribution is 0.466. The van der Waals surface area contributed by atoms with Gasteiger partial charge in [-0.3, -0.25) is 0 Å². The highest BCUT2D eigenvalue weighted by molar-refractivity contribution is 7.97.